The maximum absolute atomic E-state index is 12.7. The van der Waals surface area contributed by atoms with Crippen LogP contribution < -0.4 is 10.2 Å². The lowest BCUT2D eigenvalue weighted by Gasteiger charge is -2.43. The summed E-state index contributed by atoms with van der Waals surface area (Å²) in [5.41, 5.74) is 2.99. The number of aliphatic hydroxyl groups is 1. The first-order valence-electron chi connectivity index (χ1n) is 14.8. The largest absolute Gasteiger partial charge is 0.492 e. The van der Waals surface area contributed by atoms with Crippen molar-refractivity contribution in [3.8, 4) is 5.75 Å². The standard InChI is InChI=1S/C24H30BClNO2.C9H20O/c1-17-5-8-21(26)15-23(17)24(19(3)28)11-13-27(14-12-24)18(2)16-29-22-9-6-20(25-4)7-10-22;1-4-6-8(3)7-9(10)5-2/h5-10,15,18H,11-14,16H2,1-4H3;8-10H,4-7H2,1-3H3. The molecule has 215 valence electrons. The van der Waals surface area contributed by atoms with Gasteiger partial charge in [0.25, 0.3) is 0 Å². The number of nitrogens with zero attached hydrogens (tertiary/aromatic N) is 1. The topological polar surface area (TPSA) is 49.8 Å². The molecule has 1 saturated heterocycles. The molecule has 0 saturated carbocycles. The van der Waals surface area contributed by atoms with Gasteiger partial charge in [0.05, 0.1) is 11.5 Å². The minimum atomic E-state index is -0.432. The van der Waals surface area contributed by atoms with E-state index in [9.17, 15) is 9.90 Å². The summed E-state index contributed by atoms with van der Waals surface area (Å²) >= 11 is 6.26. The van der Waals surface area contributed by atoms with Gasteiger partial charge in [-0.2, -0.15) is 0 Å². The highest BCUT2D eigenvalue weighted by atomic mass is 35.5. The zero-order chi connectivity index (χ0) is 29.0. The number of hydrogen-bond acceptors (Lipinski definition) is 4. The third-order valence-corrected chi connectivity index (χ3v) is 8.53. The van der Waals surface area contributed by atoms with Crippen molar-refractivity contribution in [1.29, 1.82) is 0 Å². The lowest BCUT2D eigenvalue weighted by atomic mass is 9.68. The Balaban J connectivity index is 0.000000455. The number of ether oxygens (including phenoxy) is 1. The molecular weight excluding hydrogens is 505 g/mol. The minimum absolute atomic E-state index is 0.0680. The van der Waals surface area contributed by atoms with Crippen LogP contribution in [0.25, 0.3) is 0 Å². The van der Waals surface area contributed by atoms with Crippen molar-refractivity contribution in [3.63, 3.8) is 0 Å². The Morgan fingerprint density at radius 1 is 1.13 bits per heavy atom. The Kier molecular flexibility index (Phi) is 14.1. The van der Waals surface area contributed by atoms with Crippen LogP contribution in [0.2, 0.25) is 11.8 Å². The molecule has 0 aliphatic carbocycles. The van der Waals surface area contributed by atoms with E-state index in [1.54, 1.807) is 6.92 Å². The van der Waals surface area contributed by atoms with E-state index < -0.39 is 5.41 Å². The van der Waals surface area contributed by atoms with Crippen molar-refractivity contribution in [1.82, 2.24) is 4.90 Å². The monoisotopic (exact) mass is 554 g/mol. The third-order valence-electron chi connectivity index (χ3n) is 8.30. The van der Waals surface area contributed by atoms with Crippen LogP contribution in [0.15, 0.2) is 42.5 Å². The van der Waals surface area contributed by atoms with Crippen LogP contribution in [0, 0.1) is 12.8 Å². The summed E-state index contributed by atoms with van der Waals surface area (Å²) in [6, 6.07) is 14.4. The van der Waals surface area contributed by atoms with Gasteiger partial charge in [-0.1, -0.05) is 75.7 Å². The van der Waals surface area contributed by atoms with E-state index >= 15 is 0 Å². The average Bonchev–Trinajstić information content (AvgIpc) is 2.93. The van der Waals surface area contributed by atoms with Crippen LogP contribution >= 0.6 is 11.6 Å². The van der Waals surface area contributed by atoms with Crippen molar-refractivity contribution >= 4 is 30.1 Å². The first-order valence-corrected chi connectivity index (χ1v) is 15.2. The molecule has 0 bridgehead atoms. The normalized spacial score (nSPS) is 17.4. The Bertz CT molecular complexity index is 1000. The zero-order valence-electron chi connectivity index (χ0n) is 25.3. The fourth-order valence-corrected chi connectivity index (χ4v) is 5.76. The predicted octanol–water partition coefficient (Wildman–Crippen LogP) is 7.00. The molecule has 0 spiro atoms. The maximum atomic E-state index is 12.7. The van der Waals surface area contributed by atoms with Gasteiger partial charge < -0.3 is 9.84 Å². The average molecular weight is 555 g/mol. The van der Waals surface area contributed by atoms with E-state index in [4.69, 9.17) is 16.3 Å². The molecule has 2 aromatic carbocycles. The number of halogens is 1. The molecule has 0 amide bonds. The summed E-state index contributed by atoms with van der Waals surface area (Å²) in [6.45, 7) is 16.8. The summed E-state index contributed by atoms with van der Waals surface area (Å²) in [7, 11) is 2.07. The number of Topliss-reactive ketones (excluding diaryl/α,β-unsaturated/α-hetero) is 1. The van der Waals surface area contributed by atoms with Gasteiger partial charge in [0.2, 0.25) is 0 Å². The van der Waals surface area contributed by atoms with E-state index in [-0.39, 0.29) is 17.9 Å². The van der Waals surface area contributed by atoms with Crippen LogP contribution in [0.5, 0.6) is 5.75 Å². The summed E-state index contributed by atoms with van der Waals surface area (Å²) in [6.07, 6.45) is 5.91. The molecule has 1 radical (unpaired) electrons. The highest BCUT2D eigenvalue weighted by Crippen LogP contribution is 2.39. The second kappa shape index (κ2) is 16.4. The molecule has 1 heterocycles. The van der Waals surface area contributed by atoms with Crippen LogP contribution in [-0.2, 0) is 10.2 Å². The number of rotatable bonds is 12. The fraction of sp³-hybridized carbons (Fsp3) is 0.606. The van der Waals surface area contributed by atoms with Crippen LogP contribution in [0.3, 0.4) is 0 Å². The Labute approximate surface area is 243 Å². The fourth-order valence-electron chi connectivity index (χ4n) is 5.59. The van der Waals surface area contributed by atoms with Gasteiger partial charge in [-0.3, -0.25) is 9.69 Å². The predicted molar refractivity (Wildman–Crippen MR) is 167 cm³/mol. The first kappa shape index (κ1) is 33.4. The Morgan fingerprint density at radius 3 is 2.31 bits per heavy atom. The van der Waals surface area contributed by atoms with Crippen LogP contribution in [-0.4, -0.2) is 54.9 Å². The van der Waals surface area contributed by atoms with Crippen molar-refractivity contribution in [2.24, 2.45) is 5.92 Å². The molecule has 3 rings (SSSR count). The molecule has 39 heavy (non-hydrogen) atoms. The van der Waals surface area contributed by atoms with Gasteiger partial charge in [0, 0.05) is 11.1 Å². The zero-order valence-corrected chi connectivity index (χ0v) is 26.1. The van der Waals surface area contributed by atoms with Gasteiger partial charge in [-0.05, 0) is 101 Å². The van der Waals surface area contributed by atoms with E-state index in [1.165, 1.54) is 18.3 Å². The van der Waals surface area contributed by atoms with E-state index in [2.05, 4.69) is 52.0 Å². The molecule has 3 unspecified atom stereocenters. The number of likely N-dealkylation sites (tertiary alicyclic amines) is 1. The van der Waals surface area contributed by atoms with Crippen molar-refractivity contribution < 1.29 is 14.6 Å². The SMILES string of the molecule is CCCC(C)CC(O)CC.C[B]c1ccc(OCC(C)N2CCC(C(C)=O)(c3cc(Cl)ccc3C)CC2)cc1. The molecule has 0 aromatic heterocycles. The van der Waals surface area contributed by atoms with E-state index in [0.717, 1.165) is 55.6 Å². The van der Waals surface area contributed by atoms with Crippen LogP contribution in [0.1, 0.15) is 84.3 Å². The number of ketones is 1. The van der Waals surface area contributed by atoms with Crippen molar-refractivity contribution in [2.45, 2.75) is 104 Å². The van der Waals surface area contributed by atoms with Crippen LogP contribution in [0.4, 0.5) is 0 Å². The molecule has 3 atom stereocenters. The molecule has 4 nitrogen and oxygen atoms in total. The van der Waals surface area contributed by atoms with E-state index in [1.807, 2.05) is 44.1 Å². The molecule has 1 fully saturated rings. The van der Waals surface area contributed by atoms with Gasteiger partial charge in [-0.25, -0.2) is 0 Å². The van der Waals surface area contributed by atoms with Crippen molar-refractivity contribution in [3.05, 3.63) is 58.6 Å². The number of aliphatic hydroxyl groups excluding tert-OH is 1. The molecule has 1 aliphatic heterocycles. The second-order valence-electron chi connectivity index (χ2n) is 11.3. The van der Waals surface area contributed by atoms with Gasteiger partial charge in [0.15, 0.2) is 0 Å². The second-order valence-corrected chi connectivity index (χ2v) is 11.8. The maximum Gasteiger partial charge on any atom is 0.148 e. The highest BCUT2D eigenvalue weighted by Gasteiger charge is 2.42. The highest BCUT2D eigenvalue weighted by molar-refractivity contribution is 6.51. The summed E-state index contributed by atoms with van der Waals surface area (Å²) < 4.78 is 6.00. The number of hydrogen-bond donors (Lipinski definition) is 1. The number of carbonyl (C=O) groups excluding carboxylic acids is 1. The molecular formula is C33H50BClNO3. The molecule has 2 aromatic rings. The van der Waals surface area contributed by atoms with Gasteiger partial charge in [-0.15, -0.1) is 0 Å². The third kappa shape index (κ3) is 9.95. The quantitative estimate of drug-likeness (QED) is 0.287. The van der Waals surface area contributed by atoms with Crippen molar-refractivity contribution in [2.75, 3.05) is 19.7 Å². The molecule has 6 heteroatoms. The number of aryl methyl sites for hydroxylation is 1. The number of piperidine rings is 1. The number of carbonyl (C=O) groups is 1. The smallest absolute Gasteiger partial charge is 0.148 e. The summed E-state index contributed by atoms with van der Waals surface area (Å²) in [5.74, 6) is 1.83. The van der Waals surface area contributed by atoms with E-state index in [0.29, 0.717) is 17.5 Å². The molecule has 1 N–H and O–H groups in total. The lowest BCUT2D eigenvalue weighted by Crippen LogP contribution is -2.50. The summed E-state index contributed by atoms with van der Waals surface area (Å²) in [5, 5.41) is 9.95. The van der Waals surface area contributed by atoms with Gasteiger partial charge in [0.1, 0.15) is 25.4 Å². The summed E-state index contributed by atoms with van der Waals surface area (Å²) in [4.78, 5) is 15.2. The Hall–Kier alpha value is -1.82. The van der Waals surface area contributed by atoms with Gasteiger partial charge >= 0.3 is 0 Å². The minimum Gasteiger partial charge on any atom is -0.492 e. The lowest BCUT2D eigenvalue weighted by molar-refractivity contribution is -0.124. The Morgan fingerprint density at radius 2 is 1.77 bits per heavy atom. The molecule has 1 aliphatic rings. The number of benzene rings is 2. The first-order chi connectivity index (χ1) is 18.6.